The summed E-state index contributed by atoms with van der Waals surface area (Å²) in [5, 5.41) is 13.5. The molecule has 2 aromatic carbocycles. The van der Waals surface area contributed by atoms with Crippen molar-refractivity contribution in [3.63, 3.8) is 0 Å². The van der Waals surface area contributed by atoms with E-state index in [0.717, 1.165) is 5.56 Å². The van der Waals surface area contributed by atoms with E-state index in [-0.39, 0.29) is 5.91 Å². The van der Waals surface area contributed by atoms with Crippen LogP contribution in [0.3, 0.4) is 0 Å². The first-order valence-corrected chi connectivity index (χ1v) is 6.27. The largest absolute Gasteiger partial charge is 0.465 e. The maximum atomic E-state index is 12.0. The highest BCUT2D eigenvalue weighted by Gasteiger charge is 2.15. The van der Waals surface area contributed by atoms with E-state index < -0.39 is 12.1 Å². The minimum absolute atomic E-state index is 0.333. The number of nitrogens with two attached hydrogens (primary N) is 1. The molecule has 0 unspecified atom stereocenters. The Morgan fingerprint density at radius 2 is 1.43 bits per heavy atom. The van der Waals surface area contributed by atoms with Crippen LogP contribution in [0.15, 0.2) is 54.6 Å². The van der Waals surface area contributed by atoms with Gasteiger partial charge in [0.1, 0.15) is 6.04 Å². The zero-order chi connectivity index (χ0) is 15.2. The molecule has 0 aliphatic rings. The molecule has 108 valence electrons. The molecule has 2 rings (SSSR count). The smallest absolute Gasteiger partial charge is 0.409 e. The standard InChI is InChI=1S/C15H15N3O3/c16-13(10-4-2-1-3-5-10)14(19)17-11-6-8-12(9-7-11)18-15(20)21/h1-9,13,18H,16H2,(H,17,19)(H,20,21)/t13-/m0/s1. The summed E-state index contributed by atoms with van der Waals surface area (Å²) >= 11 is 0. The van der Waals surface area contributed by atoms with E-state index in [1.165, 1.54) is 0 Å². The monoisotopic (exact) mass is 285 g/mol. The summed E-state index contributed by atoms with van der Waals surface area (Å²) in [6.07, 6.45) is -1.14. The lowest BCUT2D eigenvalue weighted by Crippen LogP contribution is -2.27. The van der Waals surface area contributed by atoms with Crippen molar-refractivity contribution in [2.24, 2.45) is 5.73 Å². The van der Waals surface area contributed by atoms with E-state index >= 15 is 0 Å². The lowest BCUT2D eigenvalue weighted by atomic mass is 10.1. The van der Waals surface area contributed by atoms with Gasteiger partial charge in [0, 0.05) is 11.4 Å². The number of carbonyl (C=O) groups is 2. The third kappa shape index (κ3) is 4.05. The lowest BCUT2D eigenvalue weighted by molar-refractivity contribution is -0.117. The van der Waals surface area contributed by atoms with Crippen LogP contribution in [0.25, 0.3) is 0 Å². The Kier molecular flexibility index (Phi) is 4.53. The molecule has 0 aliphatic carbocycles. The predicted molar refractivity (Wildman–Crippen MR) is 80.1 cm³/mol. The van der Waals surface area contributed by atoms with E-state index in [1.54, 1.807) is 36.4 Å². The molecule has 2 amide bonds. The first-order chi connectivity index (χ1) is 10.1. The number of anilines is 2. The molecule has 0 fully saturated rings. The highest BCUT2D eigenvalue weighted by atomic mass is 16.4. The third-order valence-electron chi connectivity index (χ3n) is 2.84. The minimum Gasteiger partial charge on any atom is -0.465 e. The van der Waals surface area contributed by atoms with Crippen molar-refractivity contribution in [1.82, 2.24) is 0 Å². The number of hydrogen-bond acceptors (Lipinski definition) is 3. The van der Waals surface area contributed by atoms with Crippen LogP contribution in [0, 0.1) is 0 Å². The van der Waals surface area contributed by atoms with Gasteiger partial charge >= 0.3 is 6.09 Å². The zero-order valence-corrected chi connectivity index (χ0v) is 11.1. The molecule has 6 nitrogen and oxygen atoms in total. The van der Waals surface area contributed by atoms with E-state index in [2.05, 4.69) is 10.6 Å². The van der Waals surface area contributed by atoms with Gasteiger partial charge < -0.3 is 16.2 Å². The highest BCUT2D eigenvalue weighted by Crippen LogP contribution is 2.16. The quantitative estimate of drug-likeness (QED) is 0.692. The van der Waals surface area contributed by atoms with Crippen molar-refractivity contribution in [2.45, 2.75) is 6.04 Å². The summed E-state index contributed by atoms with van der Waals surface area (Å²) in [4.78, 5) is 22.5. The number of amides is 2. The number of rotatable bonds is 4. The third-order valence-corrected chi connectivity index (χ3v) is 2.84. The Bertz CT molecular complexity index is 626. The van der Waals surface area contributed by atoms with Crippen LogP contribution in [0.2, 0.25) is 0 Å². The van der Waals surface area contributed by atoms with Crippen molar-refractivity contribution >= 4 is 23.4 Å². The summed E-state index contributed by atoms with van der Waals surface area (Å²) in [7, 11) is 0. The van der Waals surface area contributed by atoms with Crippen LogP contribution in [-0.4, -0.2) is 17.1 Å². The van der Waals surface area contributed by atoms with Gasteiger partial charge in [0.05, 0.1) is 0 Å². The highest BCUT2D eigenvalue weighted by molar-refractivity contribution is 5.95. The van der Waals surface area contributed by atoms with E-state index in [9.17, 15) is 9.59 Å². The first-order valence-electron chi connectivity index (χ1n) is 6.27. The molecule has 0 bridgehead atoms. The molecule has 0 heterocycles. The topological polar surface area (TPSA) is 104 Å². The number of nitrogens with one attached hydrogen (secondary N) is 2. The number of carboxylic acid groups (broad SMARTS) is 1. The summed E-state index contributed by atoms with van der Waals surface area (Å²) in [5.41, 5.74) is 7.57. The van der Waals surface area contributed by atoms with E-state index in [4.69, 9.17) is 10.8 Å². The molecule has 0 spiro atoms. The van der Waals surface area contributed by atoms with Crippen LogP contribution in [0.5, 0.6) is 0 Å². The van der Waals surface area contributed by atoms with Crippen molar-refractivity contribution in [3.05, 3.63) is 60.2 Å². The van der Waals surface area contributed by atoms with E-state index in [1.807, 2.05) is 18.2 Å². The van der Waals surface area contributed by atoms with Gasteiger partial charge in [0.15, 0.2) is 0 Å². The van der Waals surface area contributed by atoms with Crippen LogP contribution in [-0.2, 0) is 4.79 Å². The van der Waals surface area contributed by atoms with Crippen molar-refractivity contribution in [2.75, 3.05) is 10.6 Å². The molecular weight excluding hydrogens is 270 g/mol. The van der Waals surface area contributed by atoms with Crippen molar-refractivity contribution in [3.8, 4) is 0 Å². The molecule has 0 aromatic heterocycles. The molecule has 0 radical (unpaired) electrons. The summed E-state index contributed by atoms with van der Waals surface area (Å²) in [5.74, 6) is -0.333. The van der Waals surface area contributed by atoms with Gasteiger partial charge in [-0.05, 0) is 29.8 Å². The fraction of sp³-hybridized carbons (Fsp3) is 0.0667. The average Bonchev–Trinajstić information content (AvgIpc) is 2.49. The summed E-state index contributed by atoms with van der Waals surface area (Å²) in [6.45, 7) is 0. The molecule has 2 aromatic rings. The number of benzene rings is 2. The predicted octanol–water partition coefficient (Wildman–Crippen LogP) is 2.42. The molecule has 1 atom stereocenters. The summed E-state index contributed by atoms with van der Waals surface area (Å²) in [6, 6.07) is 14.6. The molecule has 0 aliphatic heterocycles. The fourth-order valence-corrected chi connectivity index (χ4v) is 1.79. The SMILES string of the molecule is N[C@H](C(=O)Nc1ccc(NC(=O)O)cc1)c1ccccc1. The Hall–Kier alpha value is -2.86. The maximum Gasteiger partial charge on any atom is 0.409 e. The molecule has 6 heteroatoms. The van der Waals surface area contributed by atoms with Gasteiger partial charge in [-0.25, -0.2) is 4.79 Å². The van der Waals surface area contributed by atoms with Crippen molar-refractivity contribution in [1.29, 1.82) is 0 Å². The number of hydrogen-bond donors (Lipinski definition) is 4. The maximum absolute atomic E-state index is 12.0. The first kappa shape index (κ1) is 14.5. The van der Waals surface area contributed by atoms with Crippen LogP contribution < -0.4 is 16.4 Å². The van der Waals surface area contributed by atoms with Gasteiger partial charge in [0.25, 0.3) is 0 Å². The zero-order valence-electron chi connectivity index (χ0n) is 11.1. The molecule has 21 heavy (non-hydrogen) atoms. The Balaban J connectivity index is 2.01. The van der Waals surface area contributed by atoms with Gasteiger partial charge in [0.2, 0.25) is 5.91 Å². The van der Waals surface area contributed by atoms with Gasteiger partial charge in [-0.2, -0.15) is 0 Å². The molecular formula is C15H15N3O3. The Labute approximate surface area is 121 Å². The number of carbonyl (C=O) groups excluding carboxylic acids is 1. The van der Waals surface area contributed by atoms with Crippen LogP contribution >= 0.6 is 0 Å². The van der Waals surface area contributed by atoms with Gasteiger partial charge in [-0.15, -0.1) is 0 Å². The van der Waals surface area contributed by atoms with Gasteiger partial charge in [-0.1, -0.05) is 30.3 Å². The average molecular weight is 285 g/mol. The van der Waals surface area contributed by atoms with Crippen LogP contribution in [0.1, 0.15) is 11.6 Å². The Morgan fingerprint density at radius 3 is 1.95 bits per heavy atom. The second kappa shape index (κ2) is 6.53. The Morgan fingerprint density at radius 1 is 0.905 bits per heavy atom. The normalized spacial score (nSPS) is 11.5. The fourth-order valence-electron chi connectivity index (χ4n) is 1.79. The molecule has 5 N–H and O–H groups in total. The van der Waals surface area contributed by atoms with Crippen LogP contribution in [0.4, 0.5) is 16.2 Å². The summed E-state index contributed by atoms with van der Waals surface area (Å²) < 4.78 is 0. The molecule has 0 saturated carbocycles. The second-order valence-electron chi connectivity index (χ2n) is 4.39. The van der Waals surface area contributed by atoms with Crippen molar-refractivity contribution < 1.29 is 14.7 Å². The molecule has 0 saturated heterocycles. The van der Waals surface area contributed by atoms with E-state index in [0.29, 0.717) is 11.4 Å². The second-order valence-corrected chi connectivity index (χ2v) is 4.39. The minimum atomic E-state index is -1.14. The lowest BCUT2D eigenvalue weighted by Gasteiger charge is -2.12. The van der Waals surface area contributed by atoms with Gasteiger partial charge in [-0.3, -0.25) is 10.1 Å².